The second kappa shape index (κ2) is 7.23. The lowest BCUT2D eigenvalue weighted by Gasteiger charge is -2.38. The van der Waals surface area contributed by atoms with Crippen LogP contribution in [0.3, 0.4) is 0 Å². The van der Waals surface area contributed by atoms with E-state index in [9.17, 15) is 5.26 Å². The Hall–Kier alpha value is -0.630. The van der Waals surface area contributed by atoms with Crippen LogP contribution in [-0.4, -0.2) is 60.6 Å². The van der Waals surface area contributed by atoms with Crippen LogP contribution in [0.4, 0.5) is 0 Å². The van der Waals surface area contributed by atoms with Gasteiger partial charge >= 0.3 is 0 Å². The number of nitrogens with zero attached hydrogens (tertiary/aromatic N) is 3. The van der Waals surface area contributed by atoms with Crippen LogP contribution >= 0.6 is 0 Å². The zero-order valence-corrected chi connectivity index (χ0v) is 12.4. The molecule has 0 bridgehead atoms. The second-order valence-corrected chi connectivity index (χ2v) is 6.28. The van der Waals surface area contributed by atoms with E-state index in [4.69, 9.17) is 0 Å². The summed E-state index contributed by atoms with van der Waals surface area (Å²) in [5, 5.41) is 12.5. The minimum Gasteiger partial charge on any atom is -0.299 e. The molecule has 108 valence electrons. The number of hydrogen-bond acceptors (Lipinski definition) is 4. The third-order valence-electron chi connectivity index (χ3n) is 4.38. The molecule has 0 radical (unpaired) electrons. The van der Waals surface area contributed by atoms with Crippen molar-refractivity contribution in [2.75, 3.05) is 32.7 Å². The van der Waals surface area contributed by atoms with Gasteiger partial charge < -0.3 is 0 Å². The van der Waals surface area contributed by atoms with E-state index in [1.165, 1.54) is 38.8 Å². The van der Waals surface area contributed by atoms with Crippen molar-refractivity contribution in [1.82, 2.24) is 15.1 Å². The van der Waals surface area contributed by atoms with E-state index < -0.39 is 0 Å². The van der Waals surface area contributed by atoms with Crippen LogP contribution in [0.2, 0.25) is 0 Å². The van der Waals surface area contributed by atoms with Crippen LogP contribution in [0.25, 0.3) is 0 Å². The van der Waals surface area contributed by atoms with E-state index in [1.54, 1.807) is 0 Å². The van der Waals surface area contributed by atoms with Crippen molar-refractivity contribution in [3.63, 3.8) is 0 Å². The highest BCUT2D eigenvalue weighted by molar-refractivity contribution is 4.94. The molecule has 2 aliphatic rings. The standard InChI is InChI=1S/C15H28N4/c1-13(2)17-14(11-16)12-18-7-9-19(10-8-18)15-5-3-4-6-15/h13-15,17H,3-10,12H2,1-2H3. The Balaban J connectivity index is 1.72. The second-order valence-electron chi connectivity index (χ2n) is 6.28. The van der Waals surface area contributed by atoms with Crippen LogP contribution in [0.5, 0.6) is 0 Å². The number of rotatable bonds is 5. The zero-order chi connectivity index (χ0) is 13.7. The van der Waals surface area contributed by atoms with E-state index in [2.05, 4.69) is 35.0 Å². The third-order valence-corrected chi connectivity index (χ3v) is 4.38. The summed E-state index contributed by atoms with van der Waals surface area (Å²) in [6.07, 6.45) is 5.63. The fourth-order valence-electron chi connectivity index (χ4n) is 3.37. The zero-order valence-electron chi connectivity index (χ0n) is 12.4. The molecule has 0 aromatic carbocycles. The Kier molecular flexibility index (Phi) is 5.62. The summed E-state index contributed by atoms with van der Waals surface area (Å²) in [5.41, 5.74) is 0. The van der Waals surface area contributed by atoms with Gasteiger partial charge in [-0.3, -0.25) is 15.1 Å². The van der Waals surface area contributed by atoms with Gasteiger partial charge in [0.15, 0.2) is 0 Å². The molecule has 1 heterocycles. The van der Waals surface area contributed by atoms with Gasteiger partial charge in [-0.2, -0.15) is 5.26 Å². The SMILES string of the molecule is CC(C)NC(C#N)CN1CCN(C2CCCC2)CC1. The molecule has 2 rings (SSSR count). The van der Waals surface area contributed by atoms with Crippen molar-refractivity contribution >= 4 is 0 Å². The Morgan fingerprint density at radius 3 is 2.32 bits per heavy atom. The van der Waals surface area contributed by atoms with Crippen molar-refractivity contribution < 1.29 is 0 Å². The van der Waals surface area contributed by atoms with Crippen molar-refractivity contribution in [1.29, 1.82) is 5.26 Å². The largest absolute Gasteiger partial charge is 0.299 e. The van der Waals surface area contributed by atoms with Gasteiger partial charge in [-0.05, 0) is 26.7 Å². The average Bonchev–Trinajstić information content (AvgIpc) is 2.92. The van der Waals surface area contributed by atoms with Crippen LogP contribution in [0, 0.1) is 11.3 Å². The maximum Gasteiger partial charge on any atom is 0.108 e. The molecule has 19 heavy (non-hydrogen) atoms. The molecule has 4 nitrogen and oxygen atoms in total. The highest BCUT2D eigenvalue weighted by atomic mass is 15.3. The molecule has 0 aromatic rings. The Morgan fingerprint density at radius 2 is 1.79 bits per heavy atom. The molecular formula is C15H28N4. The molecule has 0 amide bonds. The molecule has 0 spiro atoms. The lowest BCUT2D eigenvalue weighted by atomic mass is 10.1. The molecular weight excluding hydrogens is 236 g/mol. The van der Waals surface area contributed by atoms with Gasteiger partial charge in [0, 0.05) is 44.8 Å². The molecule has 1 saturated carbocycles. The molecule has 1 N–H and O–H groups in total. The summed E-state index contributed by atoms with van der Waals surface area (Å²) in [7, 11) is 0. The van der Waals surface area contributed by atoms with Gasteiger partial charge in [-0.1, -0.05) is 12.8 Å². The summed E-state index contributed by atoms with van der Waals surface area (Å²) >= 11 is 0. The molecule has 0 aromatic heterocycles. The van der Waals surface area contributed by atoms with Crippen LogP contribution in [0.15, 0.2) is 0 Å². The number of hydrogen-bond donors (Lipinski definition) is 1. The first-order valence-electron chi connectivity index (χ1n) is 7.81. The van der Waals surface area contributed by atoms with Gasteiger partial charge in [0.05, 0.1) is 6.07 Å². The summed E-state index contributed by atoms with van der Waals surface area (Å²) in [6, 6.07) is 3.58. The average molecular weight is 264 g/mol. The lowest BCUT2D eigenvalue weighted by molar-refractivity contribution is 0.0944. The number of piperazine rings is 1. The van der Waals surface area contributed by atoms with E-state index in [-0.39, 0.29) is 6.04 Å². The fourth-order valence-corrected chi connectivity index (χ4v) is 3.37. The number of nitrogens with one attached hydrogen (secondary N) is 1. The van der Waals surface area contributed by atoms with Gasteiger partial charge in [0.1, 0.15) is 6.04 Å². The first-order valence-corrected chi connectivity index (χ1v) is 7.81. The highest BCUT2D eigenvalue weighted by Crippen LogP contribution is 2.24. The minimum absolute atomic E-state index is 0.0296. The minimum atomic E-state index is -0.0296. The van der Waals surface area contributed by atoms with Crippen LogP contribution in [0.1, 0.15) is 39.5 Å². The third kappa shape index (κ3) is 4.45. The number of nitriles is 1. The monoisotopic (exact) mass is 264 g/mol. The predicted molar refractivity (Wildman–Crippen MR) is 77.9 cm³/mol. The molecule has 1 aliphatic heterocycles. The summed E-state index contributed by atoms with van der Waals surface area (Å²) in [4.78, 5) is 5.11. The Bertz CT molecular complexity index is 296. The van der Waals surface area contributed by atoms with Gasteiger partial charge in [0.2, 0.25) is 0 Å². The Labute approximate surface area is 117 Å². The molecule has 4 heteroatoms. The predicted octanol–water partition coefficient (Wildman–Crippen LogP) is 1.44. The maximum absolute atomic E-state index is 9.18. The molecule has 1 unspecified atom stereocenters. The summed E-state index contributed by atoms with van der Waals surface area (Å²) in [6.45, 7) is 9.68. The van der Waals surface area contributed by atoms with Crippen molar-refractivity contribution in [3.8, 4) is 6.07 Å². The first-order chi connectivity index (χ1) is 9.19. The fraction of sp³-hybridized carbons (Fsp3) is 0.933. The molecule has 2 fully saturated rings. The van der Waals surface area contributed by atoms with E-state index in [0.717, 1.165) is 25.7 Å². The highest BCUT2D eigenvalue weighted by Gasteiger charge is 2.26. The molecule has 1 atom stereocenters. The quantitative estimate of drug-likeness (QED) is 0.816. The van der Waals surface area contributed by atoms with Crippen molar-refractivity contribution in [2.45, 2.75) is 57.7 Å². The first kappa shape index (κ1) is 14.8. The Morgan fingerprint density at radius 1 is 1.16 bits per heavy atom. The van der Waals surface area contributed by atoms with Crippen molar-refractivity contribution in [2.24, 2.45) is 0 Å². The summed E-state index contributed by atoms with van der Waals surface area (Å²) < 4.78 is 0. The van der Waals surface area contributed by atoms with Gasteiger partial charge in [-0.25, -0.2) is 0 Å². The lowest BCUT2D eigenvalue weighted by Crippen LogP contribution is -2.53. The normalized spacial score (nSPS) is 24.7. The molecule has 1 saturated heterocycles. The van der Waals surface area contributed by atoms with E-state index >= 15 is 0 Å². The van der Waals surface area contributed by atoms with Gasteiger partial charge in [-0.15, -0.1) is 0 Å². The maximum atomic E-state index is 9.18. The van der Waals surface area contributed by atoms with Crippen LogP contribution < -0.4 is 5.32 Å². The smallest absolute Gasteiger partial charge is 0.108 e. The van der Waals surface area contributed by atoms with Crippen molar-refractivity contribution in [3.05, 3.63) is 0 Å². The van der Waals surface area contributed by atoms with Crippen LogP contribution in [-0.2, 0) is 0 Å². The molecule has 1 aliphatic carbocycles. The van der Waals surface area contributed by atoms with E-state index in [0.29, 0.717) is 6.04 Å². The van der Waals surface area contributed by atoms with E-state index in [1.807, 2.05) is 0 Å². The summed E-state index contributed by atoms with van der Waals surface area (Å²) in [5.74, 6) is 0. The van der Waals surface area contributed by atoms with Gasteiger partial charge in [0.25, 0.3) is 0 Å². The topological polar surface area (TPSA) is 42.3 Å².